The normalized spacial score (nSPS) is 15.4. The minimum absolute atomic E-state index is 0.506. The topological polar surface area (TPSA) is 8.17 Å². The van der Waals surface area contributed by atoms with E-state index in [1.165, 1.54) is 86.7 Å². The van der Waals surface area contributed by atoms with Gasteiger partial charge in [0.1, 0.15) is 0 Å². The second kappa shape index (κ2) is 10.3. The fraction of sp³-hybridized carbons (Fsp3) is 0.0204. The number of hydrogen-bond donors (Lipinski definition) is 0. The summed E-state index contributed by atoms with van der Waals surface area (Å²) in [6.45, 7) is 0. The summed E-state index contributed by atoms with van der Waals surface area (Å²) in [7, 11) is 0. The van der Waals surface area contributed by atoms with Gasteiger partial charge in [-0.3, -0.25) is 0 Å². The van der Waals surface area contributed by atoms with E-state index in [2.05, 4.69) is 191 Å². The molecule has 0 radical (unpaired) electrons. The zero-order chi connectivity index (χ0) is 34.0. The summed E-state index contributed by atoms with van der Waals surface area (Å²) in [6, 6.07) is 67.7. The molecule has 0 bridgehead atoms. The number of para-hydroxylation sites is 4. The second-order valence-corrected chi connectivity index (χ2v) is 15.1. The van der Waals surface area contributed by atoms with Gasteiger partial charge >= 0.3 is 0 Å². The molecular weight excluding hydrogens is 649 g/mol. The van der Waals surface area contributed by atoms with Gasteiger partial charge in [0.15, 0.2) is 0 Å². The third-order valence-corrected chi connectivity index (χ3v) is 12.8. The van der Waals surface area contributed by atoms with E-state index in [1.807, 2.05) is 11.3 Å². The summed E-state index contributed by atoms with van der Waals surface area (Å²) < 4.78 is 5.12. The quantitative estimate of drug-likeness (QED) is 0.181. The molecule has 242 valence electrons. The van der Waals surface area contributed by atoms with Crippen LogP contribution >= 0.6 is 11.3 Å². The van der Waals surface area contributed by atoms with Crippen LogP contribution in [0.4, 0.5) is 17.1 Å². The number of hydrogen-bond acceptors (Lipinski definition) is 2. The van der Waals surface area contributed by atoms with Gasteiger partial charge in [-0.05, 0) is 81.9 Å². The maximum atomic E-state index is 2.52. The largest absolute Gasteiger partial charge is 0.309 e. The highest BCUT2D eigenvalue weighted by Crippen LogP contribution is 2.62. The minimum atomic E-state index is -0.506. The van der Waals surface area contributed by atoms with Crippen LogP contribution in [0.3, 0.4) is 0 Å². The van der Waals surface area contributed by atoms with E-state index in [1.54, 1.807) is 0 Å². The maximum Gasteiger partial charge on any atom is 0.0755 e. The molecule has 2 aliphatic rings. The van der Waals surface area contributed by atoms with Crippen molar-refractivity contribution in [2.45, 2.75) is 5.41 Å². The van der Waals surface area contributed by atoms with Gasteiger partial charge in [-0.15, -0.1) is 11.3 Å². The Kier molecular flexibility index (Phi) is 5.62. The van der Waals surface area contributed by atoms with Crippen molar-refractivity contribution in [3.05, 3.63) is 204 Å². The third kappa shape index (κ3) is 3.48. The Balaban J connectivity index is 1.20. The number of aromatic nitrogens is 1. The molecule has 0 saturated carbocycles. The lowest BCUT2D eigenvalue weighted by Gasteiger charge is -2.40. The lowest BCUT2D eigenvalue weighted by Crippen LogP contribution is -2.33. The molecule has 1 spiro atoms. The van der Waals surface area contributed by atoms with Crippen molar-refractivity contribution >= 4 is 70.4 Å². The molecular formula is C49H30N2S. The Bertz CT molecular complexity index is 3090. The minimum Gasteiger partial charge on any atom is -0.309 e. The molecule has 3 heterocycles. The molecule has 8 aromatic carbocycles. The Morgan fingerprint density at radius 1 is 0.442 bits per heavy atom. The van der Waals surface area contributed by atoms with Crippen LogP contribution < -0.4 is 4.90 Å². The molecule has 1 unspecified atom stereocenters. The summed E-state index contributed by atoms with van der Waals surface area (Å²) in [4.78, 5) is 2.47. The van der Waals surface area contributed by atoms with E-state index >= 15 is 0 Å². The molecule has 0 saturated heterocycles. The molecule has 1 atom stereocenters. The smallest absolute Gasteiger partial charge is 0.0755 e. The predicted octanol–water partition coefficient (Wildman–Crippen LogP) is 13.3. The van der Waals surface area contributed by atoms with Crippen molar-refractivity contribution in [1.82, 2.24) is 4.57 Å². The van der Waals surface area contributed by atoms with Crippen LogP contribution in [0, 0.1) is 0 Å². The molecule has 0 fully saturated rings. The van der Waals surface area contributed by atoms with E-state index in [-0.39, 0.29) is 0 Å². The number of fused-ring (bicyclic) bond motifs is 15. The Hall–Kier alpha value is -6.42. The van der Waals surface area contributed by atoms with Crippen LogP contribution in [0.5, 0.6) is 0 Å². The van der Waals surface area contributed by atoms with Crippen LogP contribution in [-0.2, 0) is 5.41 Å². The zero-order valence-electron chi connectivity index (χ0n) is 28.1. The van der Waals surface area contributed by atoms with Crippen LogP contribution in [0.15, 0.2) is 182 Å². The lowest BCUT2D eigenvalue weighted by molar-refractivity contribution is 0.748. The van der Waals surface area contributed by atoms with Gasteiger partial charge in [0, 0.05) is 37.6 Å². The van der Waals surface area contributed by atoms with Gasteiger partial charge in [0.25, 0.3) is 0 Å². The zero-order valence-corrected chi connectivity index (χ0v) is 28.9. The highest BCUT2D eigenvalue weighted by Gasteiger charge is 2.51. The van der Waals surface area contributed by atoms with Crippen molar-refractivity contribution in [2.24, 2.45) is 0 Å². The first-order chi connectivity index (χ1) is 25.8. The van der Waals surface area contributed by atoms with E-state index < -0.39 is 5.41 Å². The monoisotopic (exact) mass is 678 g/mol. The van der Waals surface area contributed by atoms with Gasteiger partial charge in [-0.2, -0.15) is 0 Å². The maximum absolute atomic E-state index is 2.52. The van der Waals surface area contributed by atoms with Crippen molar-refractivity contribution < 1.29 is 0 Å². The summed E-state index contributed by atoms with van der Waals surface area (Å²) in [6.07, 6.45) is 0. The fourth-order valence-electron chi connectivity index (χ4n) is 9.60. The number of nitrogens with zero attached hydrogens (tertiary/aromatic N) is 2. The highest BCUT2D eigenvalue weighted by atomic mass is 32.1. The van der Waals surface area contributed by atoms with Crippen LogP contribution in [0.2, 0.25) is 0 Å². The average Bonchev–Trinajstić information content (AvgIpc) is 3.85. The molecule has 0 amide bonds. The van der Waals surface area contributed by atoms with Gasteiger partial charge < -0.3 is 9.47 Å². The SMILES string of the molecule is c1ccc(N(c2ccc3c(c2)C2(c4ccccc4-3)c3ccccc3-n3c4ccccc4c4cccc2c43)c2cccc3c2sc2ccccc23)cc1. The summed E-state index contributed by atoms with van der Waals surface area (Å²) in [5.74, 6) is 0. The molecule has 2 nitrogen and oxygen atoms in total. The molecule has 2 aromatic heterocycles. The highest BCUT2D eigenvalue weighted by molar-refractivity contribution is 7.26. The average molecular weight is 679 g/mol. The van der Waals surface area contributed by atoms with Crippen LogP contribution in [0.25, 0.3) is 58.8 Å². The van der Waals surface area contributed by atoms with Crippen molar-refractivity contribution in [1.29, 1.82) is 0 Å². The summed E-state index contributed by atoms with van der Waals surface area (Å²) in [5, 5.41) is 5.19. The second-order valence-electron chi connectivity index (χ2n) is 14.0. The molecule has 1 aliphatic heterocycles. The van der Waals surface area contributed by atoms with Crippen molar-refractivity contribution in [2.75, 3.05) is 4.90 Å². The first-order valence-electron chi connectivity index (χ1n) is 17.9. The first-order valence-corrected chi connectivity index (χ1v) is 18.8. The molecule has 10 aromatic rings. The Morgan fingerprint density at radius 2 is 1.12 bits per heavy atom. The van der Waals surface area contributed by atoms with Crippen molar-refractivity contribution in [3.63, 3.8) is 0 Å². The summed E-state index contributed by atoms with van der Waals surface area (Å²) in [5.41, 5.74) is 14.7. The van der Waals surface area contributed by atoms with E-state index in [0.717, 1.165) is 11.4 Å². The Labute approximate surface area is 305 Å². The van der Waals surface area contributed by atoms with Crippen molar-refractivity contribution in [3.8, 4) is 16.8 Å². The standard InChI is InChI=1S/C49H30N2S/c1-2-14-31(15-3-1)50(45-26-13-20-38-36-18-6-11-27-46(36)52-48(38)45)32-28-29-34-33-16-4-7-21-39(33)49(42(34)30-32)40-22-8-10-25-44(40)51-43-24-9-5-17-35(43)37-19-12-23-41(49)47(37)51/h1-30H. The molecule has 3 heteroatoms. The summed E-state index contributed by atoms with van der Waals surface area (Å²) >= 11 is 1.88. The van der Waals surface area contributed by atoms with E-state index in [0.29, 0.717) is 0 Å². The lowest BCUT2D eigenvalue weighted by atomic mass is 9.65. The molecule has 52 heavy (non-hydrogen) atoms. The Morgan fingerprint density at radius 3 is 2.04 bits per heavy atom. The number of anilines is 3. The van der Waals surface area contributed by atoms with Crippen LogP contribution in [0.1, 0.15) is 22.3 Å². The number of thiophene rings is 1. The number of benzene rings is 8. The molecule has 12 rings (SSSR count). The van der Waals surface area contributed by atoms with Gasteiger partial charge in [0.2, 0.25) is 0 Å². The van der Waals surface area contributed by atoms with Crippen LogP contribution in [-0.4, -0.2) is 4.57 Å². The van der Waals surface area contributed by atoms with Gasteiger partial charge in [0.05, 0.1) is 32.5 Å². The van der Waals surface area contributed by atoms with Gasteiger partial charge in [-0.1, -0.05) is 133 Å². The van der Waals surface area contributed by atoms with E-state index in [4.69, 9.17) is 0 Å². The van der Waals surface area contributed by atoms with E-state index in [9.17, 15) is 0 Å². The fourth-order valence-corrected chi connectivity index (χ4v) is 10.8. The predicted molar refractivity (Wildman–Crippen MR) is 219 cm³/mol. The molecule has 0 N–H and O–H groups in total. The molecule has 1 aliphatic carbocycles. The first kappa shape index (κ1) is 28.3. The third-order valence-electron chi connectivity index (χ3n) is 11.6. The van der Waals surface area contributed by atoms with Gasteiger partial charge in [-0.25, -0.2) is 0 Å². The number of rotatable bonds is 3.